The number of nitrogen functional groups attached to an aromatic ring is 1. The summed E-state index contributed by atoms with van der Waals surface area (Å²) in [5.41, 5.74) is 6.31. The number of aromatic nitrogens is 1. The van der Waals surface area contributed by atoms with Crippen LogP contribution < -0.4 is 10.5 Å². The summed E-state index contributed by atoms with van der Waals surface area (Å²) in [5.74, 6) is 0.428. The van der Waals surface area contributed by atoms with Crippen molar-refractivity contribution in [1.29, 1.82) is 0 Å². The van der Waals surface area contributed by atoms with Gasteiger partial charge in [0.1, 0.15) is 5.82 Å². The highest BCUT2D eigenvalue weighted by Gasteiger charge is 2.22. The fourth-order valence-corrected chi connectivity index (χ4v) is 3.96. The van der Waals surface area contributed by atoms with Gasteiger partial charge in [0.2, 0.25) is 10.0 Å². The van der Waals surface area contributed by atoms with E-state index in [0.717, 1.165) is 31.1 Å². The third kappa shape index (κ3) is 2.62. The van der Waals surface area contributed by atoms with Crippen molar-refractivity contribution >= 4 is 26.7 Å². The Labute approximate surface area is 118 Å². The van der Waals surface area contributed by atoms with Crippen molar-refractivity contribution in [2.24, 2.45) is 0 Å². The summed E-state index contributed by atoms with van der Waals surface area (Å²) in [7, 11) is -3.45. The number of rotatable bonds is 3. The molecular weight excluding hydrogens is 274 g/mol. The van der Waals surface area contributed by atoms with Crippen LogP contribution in [0.25, 0.3) is 10.9 Å². The first-order valence-corrected chi connectivity index (χ1v) is 8.21. The second-order valence-corrected chi connectivity index (χ2v) is 6.91. The van der Waals surface area contributed by atoms with Crippen LogP contribution in [0.3, 0.4) is 0 Å². The Morgan fingerprint density at radius 2 is 1.90 bits per heavy atom. The molecule has 3 rings (SSSR count). The third-order valence-corrected chi connectivity index (χ3v) is 5.19. The quantitative estimate of drug-likeness (QED) is 0.906. The van der Waals surface area contributed by atoms with Gasteiger partial charge in [0.25, 0.3) is 0 Å². The molecule has 0 amide bonds. The van der Waals surface area contributed by atoms with Gasteiger partial charge in [0.05, 0.1) is 10.4 Å². The lowest BCUT2D eigenvalue weighted by Gasteiger charge is -2.12. The maximum Gasteiger partial charge on any atom is 0.240 e. The smallest absolute Gasteiger partial charge is 0.240 e. The molecule has 6 heteroatoms. The molecule has 1 fully saturated rings. The molecule has 2 aromatic rings. The van der Waals surface area contributed by atoms with E-state index in [-0.39, 0.29) is 10.9 Å². The average Bonchev–Trinajstić information content (AvgIpc) is 2.90. The fraction of sp³-hybridized carbons (Fsp3) is 0.357. The van der Waals surface area contributed by atoms with Gasteiger partial charge in [-0.1, -0.05) is 12.8 Å². The van der Waals surface area contributed by atoms with Crippen molar-refractivity contribution in [3.63, 3.8) is 0 Å². The van der Waals surface area contributed by atoms with Gasteiger partial charge in [-0.05, 0) is 43.2 Å². The SMILES string of the molecule is Nc1ccc2cc(S(=O)(=O)NC3CCCC3)ccc2n1. The lowest BCUT2D eigenvalue weighted by atomic mass is 10.2. The number of fused-ring (bicyclic) bond motifs is 1. The fourth-order valence-electron chi connectivity index (χ4n) is 2.62. The minimum atomic E-state index is -3.45. The van der Waals surface area contributed by atoms with Crippen LogP contribution in [0.15, 0.2) is 35.2 Å². The predicted octanol–water partition coefficient (Wildman–Crippen LogP) is 2.04. The Kier molecular flexibility index (Phi) is 3.35. The molecule has 0 atom stereocenters. The molecule has 0 bridgehead atoms. The van der Waals surface area contributed by atoms with Gasteiger partial charge < -0.3 is 5.73 Å². The molecule has 0 unspecified atom stereocenters. The molecule has 0 spiro atoms. The van der Waals surface area contributed by atoms with E-state index in [1.54, 1.807) is 30.3 Å². The average molecular weight is 291 g/mol. The Balaban J connectivity index is 1.94. The van der Waals surface area contributed by atoms with Gasteiger partial charge >= 0.3 is 0 Å². The monoisotopic (exact) mass is 291 g/mol. The van der Waals surface area contributed by atoms with E-state index in [2.05, 4.69) is 9.71 Å². The number of hydrogen-bond acceptors (Lipinski definition) is 4. The second-order valence-electron chi connectivity index (χ2n) is 5.19. The zero-order chi connectivity index (χ0) is 14.2. The first-order chi connectivity index (χ1) is 9.54. The van der Waals surface area contributed by atoms with E-state index in [9.17, 15) is 8.42 Å². The van der Waals surface area contributed by atoms with E-state index in [1.807, 2.05) is 0 Å². The van der Waals surface area contributed by atoms with Crippen LogP contribution in [0.5, 0.6) is 0 Å². The standard InChI is InChI=1S/C14H17N3O2S/c15-14-8-5-10-9-12(6-7-13(10)16-14)20(18,19)17-11-3-1-2-4-11/h5-9,11,17H,1-4H2,(H2,15,16). The van der Waals surface area contributed by atoms with Crippen LogP contribution in [0.1, 0.15) is 25.7 Å². The number of nitrogens with zero attached hydrogens (tertiary/aromatic N) is 1. The topological polar surface area (TPSA) is 85.1 Å². The second kappa shape index (κ2) is 5.03. The summed E-state index contributed by atoms with van der Waals surface area (Å²) in [6.07, 6.45) is 4.03. The number of nitrogens with one attached hydrogen (secondary N) is 1. The highest BCUT2D eigenvalue weighted by molar-refractivity contribution is 7.89. The summed E-state index contributed by atoms with van der Waals surface area (Å²) in [6.45, 7) is 0. The Morgan fingerprint density at radius 3 is 2.65 bits per heavy atom. The van der Waals surface area contributed by atoms with Gasteiger partial charge in [-0.2, -0.15) is 0 Å². The van der Waals surface area contributed by atoms with Gasteiger partial charge in [-0.15, -0.1) is 0 Å². The van der Waals surface area contributed by atoms with Crippen molar-refractivity contribution in [3.05, 3.63) is 30.3 Å². The van der Waals surface area contributed by atoms with Gasteiger partial charge in [0.15, 0.2) is 0 Å². The van der Waals surface area contributed by atoms with E-state index >= 15 is 0 Å². The van der Waals surface area contributed by atoms with Crippen molar-refractivity contribution in [3.8, 4) is 0 Å². The Morgan fingerprint density at radius 1 is 1.15 bits per heavy atom. The van der Waals surface area contributed by atoms with Crippen molar-refractivity contribution in [2.45, 2.75) is 36.6 Å². The molecule has 0 radical (unpaired) electrons. The predicted molar refractivity (Wildman–Crippen MR) is 78.7 cm³/mol. The van der Waals surface area contributed by atoms with E-state index < -0.39 is 10.0 Å². The first kappa shape index (κ1) is 13.3. The number of hydrogen-bond donors (Lipinski definition) is 2. The number of pyridine rings is 1. The Bertz CT molecular complexity index is 737. The van der Waals surface area contributed by atoms with Gasteiger partial charge in [-0.3, -0.25) is 0 Å². The van der Waals surface area contributed by atoms with E-state index in [1.165, 1.54) is 0 Å². The summed E-state index contributed by atoms with van der Waals surface area (Å²) in [5, 5.41) is 0.772. The van der Waals surface area contributed by atoms with Crippen LogP contribution in [0.2, 0.25) is 0 Å². The summed E-state index contributed by atoms with van der Waals surface area (Å²) in [4.78, 5) is 4.45. The van der Waals surface area contributed by atoms with Crippen LogP contribution in [0, 0.1) is 0 Å². The zero-order valence-electron chi connectivity index (χ0n) is 11.0. The molecular formula is C14H17N3O2S. The number of nitrogens with two attached hydrogens (primary N) is 1. The lowest BCUT2D eigenvalue weighted by molar-refractivity contribution is 0.552. The lowest BCUT2D eigenvalue weighted by Crippen LogP contribution is -2.32. The molecule has 106 valence electrons. The summed E-state index contributed by atoms with van der Waals surface area (Å²) >= 11 is 0. The van der Waals surface area contributed by atoms with Crippen molar-refractivity contribution < 1.29 is 8.42 Å². The highest BCUT2D eigenvalue weighted by Crippen LogP contribution is 2.22. The summed E-state index contributed by atoms with van der Waals surface area (Å²) in [6, 6.07) is 8.43. The largest absolute Gasteiger partial charge is 0.384 e. The molecule has 5 nitrogen and oxygen atoms in total. The van der Waals surface area contributed by atoms with E-state index in [0.29, 0.717) is 11.3 Å². The van der Waals surface area contributed by atoms with E-state index in [4.69, 9.17) is 5.73 Å². The molecule has 1 aliphatic rings. The minimum Gasteiger partial charge on any atom is -0.384 e. The molecule has 1 saturated carbocycles. The normalized spacial score (nSPS) is 16.8. The number of sulfonamides is 1. The highest BCUT2D eigenvalue weighted by atomic mass is 32.2. The molecule has 3 N–H and O–H groups in total. The molecule has 20 heavy (non-hydrogen) atoms. The molecule has 1 aliphatic carbocycles. The Hall–Kier alpha value is -1.66. The maximum absolute atomic E-state index is 12.3. The van der Waals surface area contributed by atoms with Crippen LogP contribution in [-0.4, -0.2) is 19.4 Å². The van der Waals surface area contributed by atoms with Crippen LogP contribution in [0.4, 0.5) is 5.82 Å². The number of benzene rings is 1. The molecule has 0 saturated heterocycles. The van der Waals surface area contributed by atoms with Crippen molar-refractivity contribution in [2.75, 3.05) is 5.73 Å². The molecule has 1 aromatic carbocycles. The molecule has 1 aromatic heterocycles. The molecule has 0 aliphatic heterocycles. The van der Waals surface area contributed by atoms with Crippen LogP contribution >= 0.6 is 0 Å². The zero-order valence-corrected chi connectivity index (χ0v) is 11.9. The minimum absolute atomic E-state index is 0.0697. The maximum atomic E-state index is 12.3. The number of anilines is 1. The molecule has 1 heterocycles. The third-order valence-electron chi connectivity index (χ3n) is 3.67. The summed E-state index contributed by atoms with van der Waals surface area (Å²) < 4.78 is 27.5. The van der Waals surface area contributed by atoms with Crippen LogP contribution in [-0.2, 0) is 10.0 Å². The van der Waals surface area contributed by atoms with Gasteiger partial charge in [-0.25, -0.2) is 18.1 Å². The van der Waals surface area contributed by atoms with Crippen molar-refractivity contribution in [1.82, 2.24) is 9.71 Å². The van der Waals surface area contributed by atoms with Gasteiger partial charge in [0, 0.05) is 11.4 Å². The first-order valence-electron chi connectivity index (χ1n) is 6.73.